The standard InChI is InChI=1S/C27H20ClF3N4O4/c28-18-10-14-20(15-11-18)33-26(37)34-24(21-5-1-2-7-23(21)39-27(29,30)31)25(36)32-19-12-8-17(9-13-19)22-6-3-4-16-35(22)38/h1-16,24,38H,(H2,33,34,37). The largest absolute Gasteiger partial charge is 0.573 e. The number of allylic oxidation sites excluding steroid dienone is 8. The van der Waals surface area contributed by atoms with Crippen molar-refractivity contribution in [2.75, 3.05) is 5.32 Å². The monoisotopic (exact) mass is 556 g/mol. The third-order valence-electron chi connectivity index (χ3n) is 5.32. The lowest BCUT2D eigenvalue weighted by molar-refractivity contribution is -0.275. The Labute approximate surface area is 225 Å². The maximum atomic E-state index is 13.3. The molecule has 0 spiro atoms. The highest BCUT2D eigenvalue weighted by Crippen LogP contribution is 2.31. The molecule has 4 rings (SSSR count). The van der Waals surface area contributed by atoms with Gasteiger partial charge in [-0.3, -0.25) is 10.0 Å². The molecule has 3 N–H and O–H groups in total. The molecule has 0 fully saturated rings. The second kappa shape index (κ2) is 11.8. The number of nitrogens with zero attached hydrogens (tertiary/aromatic N) is 2. The van der Waals surface area contributed by atoms with Crippen LogP contribution in [0, 0.1) is 0 Å². The summed E-state index contributed by atoms with van der Waals surface area (Å²) in [4.78, 5) is 30.0. The van der Waals surface area contributed by atoms with Gasteiger partial charge in [0.05, 0.1) is 11.4 Å². The molecule has 0 aromatic heterocycles. The molecule has 8 nitrogen and oxygen atoms in total. The van der Waals surface area contributed by atoms with E-state index in [1.165, 1.54) is 60.8 Å². The van der Waals surface area contributed by atoms with Gasteiger partial charge in [0.2, 0.25) is 0 Å². The number of aliphatic imine (C=N–C) groups is 1. The zero-order chi connectivity index (χ0) is 28.0. The van der Waals surface area contributed by atoms with Gasteiger partial charge >= 0.3 is 12.4 Å². The maximum absolute atomic E-state index is 13.3. The highest BCUT2D eigenvalue weighted by Gasteiger charge is 2.34. The van der Waals surface area contributed by atoms with Crippen molar-refractivity contribution in [1.82, 2.24) is 10.4 Å². The number of carbonyl (C=O) groups is 2. The Morgan fingerprint density at radius 3 is 2.33 bits per heavy atom. The number of urea groups is 1. The number of benzene rings is 2. The first kappa shape index (κ1) is 27.4. The van der Waals surface area contributed by atoms with Crippen LogP contribution in [0.2, 0.25) is 5.02 Å². The summed E-state index contributed by atoms with van der Waals surface area (Å²) in [7, 11) is 0. The van der Waals surface area contributed by atoms with Gasteiger partial charge in [0.15, 0.2) is 0 Å². The molecule has 3 amide bonds. The van der Waals surface area contributed by atoms with Crippen molar-refractivity contribution < 1.29 is 32.7 Å². The van der Waals surface area contributed by atoms with Crippen LogP contribution in [-0.2, 0) is 4.79 Å². The van der Waals surface area contributed by atoms with Gasteiger partial charge in [-0.05, 0) is 54.6 Å². The summed E-state index contributed by atoms with van der Waals surface area (Å²) < 4.78 is 43.3. The molecule has 1 aliphatic heterocycles. The minimum Gasteiger partial charge on any atom is -0.405 e. The Bertz CT molecular complexity index is 1430. The lowest BCUT2D eigenvalue weighted by Gasteiger charge is -2.21. The molecule has 0 saturated carbocycles. The summed E-state index contributed by atoms with van der Waals surface area (Å²) in [5.74, 6) is -1.62. The van der Waals surface area contributed by atoms with Crippen LogP contribution in [0.1, 0.15) is 11.6 Å². The summed E-state index contributed by atoms with van der Waals surface area (Å²) in [5.41, 5.74) is 1.34. The molecule has 200 valence electrons. The van der Waals surface area contributed by atoms with Crippen molar-refractivity contribution in [1.29, 1.82) is 0 Å². The number of halogens is 4. The predicted molar refractivity (Wildman–Crippen MR) is 139 cm³/mol. The van der Waals surface area contributed by atoms with Gasteiger partial charge in [-0.1, -0.05) is 48.0 Å². The molecular formula is C27H20ClF3N4O4. The maximum Gasteiger partial charge on any atom is 0.573 e. The number of hydrogen-bond donors (Lipinski definition) is 3. The Hall–Kier alpha value is -4.61. The Balaban J connectivity index is 1.62. The van der Waals surface area contributed by atoms with E-state index in [1.54, 1.807) is 30.4 Å². The number of hydroxylamine groups is 2. The molecule has 39 heavy (non-hydrogen) atoms. The quantitative estimate of drug-likeness (QED) is 0.405. The summed E-state index contributed by atoms with van der Waals surface area (Å²) >= 11 is 5.85. The van der Waals surface area contributed by atoms with Crippen LogP contribution in [0.25, 0.3) is 0 Å². The zero-order valence-corrected chi connectivity index (χ0v) is 20.6. The lowest BCUT2D eigenvalue weighted by Crippen LogP contribution is -2.37. The Morgan fingerprint density at radius 1 is 0.974 bits per heavy atom. The van der Waals surface area contributed by atoms with Crippen molar-refractivity contribution >= 4 is 34.9 Å². The summed E-state index contributed by atoms with van der Waals surface area (Å²) in [6.07, 6.45) is 7.64. The van der Waals surface area contributed by atoms with Crippen LogP contribution >= 0.6 is 11.6 Å². The van der Waals surface area contributed by atoms with E-state index in [9.17, 15) is 28.0 Å². The van der Waals surface area contributed by atoms with Crippen molar-refractivity contribution in [2.45, 2.75) is 12.4 Å². The minimum atomic E-state index is -5.04. The van der Waals surface area contributed by atoms with Gasteiger partial charge in [0, 0.05) is 28.0 Å². The van der Waals surface area contributed by atoms with Crippen LogP contribution in [0.3, 0.4) is 0 Å². The second-order valence-corrected chi connectivity index (χ2v) is 8.49. The molecule has 0 radical (unpaired) electrons. The Kier molecular flexibility index (Phi) is 8.33. The lowest BCUT2D eigenvalue weighted by atomic mass is 10.0. The molecule has 0 saturated heterocycles. The molecule has 2 aromatic rings. The molecule has 0 bridgehead atoms. The average Bonchev–Trinajstić information content (AvgIpc) is 2.89. The summed E-state index contributed by atoms with van der Waals surface area (Å²) in [6.45, 7) is 0. The van der Waals surface area contributed by atoms with E-state index < -0.39 is 30.1 Å². The van der Waals surface area contributed by atoms with E-state index in [0.29, 0.717) is 22.0 Å². The minimum absolute atomic E-state index is 0.170. The van der Waals surface area contributed by atoms with E-state index in [1.807, 2.05) is 0 Å². The molecular weight excluding hydrogens is 537 g/mol. The SMILES string of the molecule is O=C(Nc1ccc(Cl)cc1)NC(C(=O)N=C1C=CC(=C2C=CC=CN2O)C=C1)c1ccccc1OC(F)(F)F. The predicted octanol–water partition coefficient (Wildman–Crippen LogP) is 6.22. The average molecular weight is 557 g/mol. The van der Waals surface area contributed by atoms with Gasteiger partial charge < -0.3 is 15.4 Å². The van der Waals surface area contributed by atoms with Crippen LogP contribution in [-0.4, -0.2) is 34.3 Å². The van der Waals surface area contributed by atoms with Crippen LogP contribution in [0.4, 0.5) is 23.7 Å². The highest BCUT2D eigenvalue weighted by molar-refractivity contribution is 6.30. The number of amides is 3. The number of carbonyl (C=O) groups excluding carboxylic acids is 2. The number of rotatable bonds is 5. The van der Waals surface area contributed by atoms with Crippen LogP contribution in [0.5, 0.6) is 5.75 Å². The third-order valence-corrected chi connectivity index (χ3v) is 5.57. The molecule has 1 aliphatic carbocycles. The Morgan fingerprint density at radius 2 is 1.67 bits per heavy atom. The normalized spacial score (nSPS) is 15.3. The molecule has 1 unspecified atom stereocenters. The fourth-order valence-corrected chi connectivity index (χ4v) is 3.73. The van der Waals surface area contributed by atoms with E-state index in [4.69, 9.17) is 11.6 Å². The van der Waals surface area contributed by atoms with Gasteiger partial charge in [0.1, 0.15) is 11.8 Å². The first-order valence-corrected chi connectivity index (χ1v) is 11.7. The summed E-state index contributed by atoms with van der Waals surface area (Å²) in [5, 5.41) is 16.2. The number of hydrogen-bond acceptors (Lipinski definition) is 5. The molecule has 12 heteroatoms. The van der Waals surface area contributed by atoms with Crippen LogP contribution < -0.4 is 15.4 Å². The van der Waals surface area contributed by atoms with Crippen molar-refractivity contribution in [2.24, 2.45) is 4.99 Å². The van der Waals surface area contributed by atoms with E-state index in [2.05, 4.69) is 20.4 Å². The third kappa shape index (κ3) is 7.46. The number of nitrogens with one attached hydrogen (secondary N) is 2. The molecule has 2 aliphatic rings. The smallest absolute Gasteiger partial charge is 0.405 e. The highest BCUT2D eigenvalue weighted by atomic mass is 35.5. The van der Waals surface area contributed by atoms with Gasteiger partial charge in [-0.25, -0.2) is 14.9 Å². The number of ether oxygens (including phenoxy) is 1. The number of anilines is 1. The topological polar surface area (TPSA) is 103 Å². The second-order valence-electron chi connectivity index (χ2n) is 8.05. The van der Waals surface area contributed by atoms with E-state index in [-0.39, 0.29) is 11.3 Å². The summed E-state index contributed by atoms with van der Waals surface area (Å²) in [6, 6.07) is 8.51. The van der Waals surface area contributed by atoms with Gasteiger partial charge in [-0.2, -0.15) is 0 Å². The molecule has 1 heterocycles. The molecule has 1 atom stereocenters. The fraction of sp³-hybridized carbons (Fsp3) is 0.0741. The first-order valence-electron chi connectivity index (χ1n) is 11.3. The van der Waals surface area contributed by atoms with Crippen molar-refractivity contribution in [3.63, 3.8) is 0 Å². The van der Waals surface area contributed by atoms with E-state index >= 15 is 0 Å². The molecule has 2 aromatic carbocycles. The first-order chi connectivity index (χ1) is 18.6. The van der Waals surface area contributed by atoms with Crippen molar-refractivity contribution in [3.05, 3.63) is 119 Å². The van der Waals surface area contributed by atoms with Crippen LogP contribution in [0.15, 0.2) is 114 Å². The van der Waals surface area contributed by atoms with E-state index in [0.717, 1.165) is 11.1 Å². The number of para-hydroxylation sites is 1. The van der Waals surface area contributed by atoms with Gasteiger partial charge in [0.25, 0.3) is 5.91 Å². The van der Waals surface area contributed by atoms with Crippen molar-refractivity contribution in [3.8, 4) is 5.75 Å². The zero-order valence-electron chi connectivity index (χ0n) is 19.9. The number of alkyl halides is 3. The van der Waals surface area contributed by atoms with Gasteiger partial charge in [-0.15, -0.1) is 13.2 Å². The fourth-order valence-electron chi connectivity index (χ4n) is 3.60.